The largest absolute Gasteiger partial charge is 0.489 e. The van der Waals surface area contributed by atoms with Crippen molar-refractivity contribution in [3.63, 3.8) is 0 Å². The molecule has 2 N–H and O–H groups in total. The van der Waals surface area contributed by atoms with E-state index in [0.717, 1.165) is 19.4 Å². The number of hydrogen-bond acceptors (Lipinski definition) is 3. The van der Waals surface area contributed by atoms with Crippen LogP contribution in [0.2, 0.25) is 5.02 Å². The molecule has 0 bridgehead atoms. The highest BCUT2D eigenvalue weighted by molar-refractivity contribution is 6.32. The predicted molar refractivity (Wildman–Crippen MR) is 64.9 cm³/mol. The Morgan fingerprint density at radius 1 is 1.59 bits per heavy atom. The lowest BCUT2D eigenvalue weighted by molar-refractivity contribution is -0.0159. The highest BCUT2D eigenvalue weighted by Gasteiger charge is 2.31. The summed E-state index contributed by atoms with van der Waals surface area (Å²) in [5, 5.41) is -0.0772. The first-order valence-corrected chi connectivity index (χ1v) is 5.90. The molecular formula is C12H15ClFNO2. The van der Waals surface area contributed by atoms with Crippen molar-refractivity contribution in [2.24, 2.45) is 0 Å². The zero-order valence-corrected chi connectivity index (χ0v) is 10.4. The highest BCUT2D eigenvalue weighted by Crippen LogP contribution is 2.32. The van der Waals surface area contributed by atoms with E-state index in [9.17, 15) is 4.39 Å². The monoisotopic (exact) mass is 259 g/mol. The fraction of sp³-hybridized carbons (Fsp3) is 0.500. The van der Waals surface area contributed by atoms with Gasteiger partial charge in [0.15, 0.2) is 5.82 Å². The molecule has 1 saturated heterocycles. The molecule has 1 aliphatic rings. The van der Waals surface area contributed by atoms with Crippen LogP contribution in [0, 0.1) is 5.82 Å². The van der Waals surface area contributed by atoms with E-state index in [-0.39, 0.29) is 16.3 Å². The third kappa shape index (κ3) is 2.64. The summed E-state index contributed by atoms with van der Waals surface area (Å²) in [5.41, 5.74) is 5.11. The molecule has 17 heavy (non-hydrogen) atoms. The topological polar surface area (TPSA) is 44.5 Å². The smallest absolute Gasteiger partial charge is 0.168 e. The third-order valence-electron chi connectivity index (χ3n) is 2.91. The van der Waals surface area contributed by atoms with Crippen molar-refractivity contribution in [3.05, 3.63) is 23.0 Å². The average Bonchev–Trinajstić information content (AvgIpc) is 2.73. The molecule has 0 aromatic heterocycles. The summed E-state index contributed by atoms with van der Waals surface area (Å²) in [5.74, 6) is -0.336. The number of nitrogen functional groups attached to an aromatic ring is 1. The maximum atomic E-state index is 13.4. The Hall–Kier alpha value is -1.00. The van der Waals surface area contributed by atoms with Gasteiger partial charge >= 0.3 is 0 Å². The SMILES string of the molecule is CC1(COc2ccc(N)c(F)c2Cl)CCCO1. The molecule has 0 amide bonds. The Balaban J connectivity index is 2.06. The van der Waals surface area contributed by atoms with Crippen LogP contribution in [0.3, 0.4) is 0 Å². The molecule has 1 atom stereocenters. The summed E-state index contributed by atoms with van der Waals surface area (Å²) < 4.78 is 24.5. The van der Waals surface area contributed by atoms with Crippen LogP contribution in [0.15, 0.2) is 12.1 Å². The molecule has 0 saturated carbocycles. The fourth-order valence-electron chi connectivity index (χ4n) is 1.84. The van der Waals surface area contributed by atoms with E-state index >= 15 is 0 Å². The van der Waals surface area contributed by atoms with Gasteiger partial charge in [0.05, 0.1) is 11.3 Å². The van der Waals surface area contributed by atoms with Crippen LogP contribution in [-0.4, -0.2) is 18.8 Å². The summed E-state index contributed by atoms with van der Waals surface area (Å²) in [6.07, 6.45) is 1.95. The Morgan fingerprint density at radius 3 is 3.00 bits per heavy atom. The zero-order valence-electron chi connectivity index (χ0n) is 9.63. The Bertz CT molecular complexity index is 419. The number of rotatable bonds is 3. The van der Waals surface area contributed by atoms with Crippen molar-refractivity contribution in [2.75, 3.05) is 18.9 Å². The molecule has 2 rings (SSSR count). The van der Waals surface area contributed by atoms with E-state index in [1.807, 2.05) is 6.92 Å². The molecule has 5 heteroatoms. The van der Waals surface area contributed by atoms with Gasteiger partial charge in [-0.05, 0) is 31.9 Å². The van der Waals surface area contributed by atoms with Crippen molar-refractivity contribution in [1.29, 1.82) is 0 Å². The third-order valence-corrected chi connectivity index (χ3v) is 3.26. The summed E-state index contributed by atoms with van der Waals surface area (Å²) in [7, 11) is 0. The van der Waals surface area contributed by atoms with Crippen LogP contribution in [0.4, 0.5) is 10.1 Å². The molecule has 1 heterocycles. The highest BCUT2D eigenvalue weighted by atomic mass is 35.5. The first-order chi connectivity index (χ1) is 8.02. The van der Waals surface area contributed by atoms with Crippen molar-refractivity contribution in [1.82, 2.24) is 0 Å². The molecule has 1 aliphatic heterocycles. The number of benzene rings is 1. The van der Waals surface area contributed by atoms with Crippen LogP contribution in [0.1, 0.15) is 19.8 Å². The molecule has 1 unspecified atom stereocenters. The number of nitrogens with two attached hydrogens (primary N) is 1. The van der Waals surface area contributed by atoms with Gasteiger partial charge in [-0.2, -0.15) is 0 Å². The quantitative estimate of drug-likeness (QED) is 0.849. The summed E-state index contributed by atoms with van der Waals surface area (Å²) >= 11 is 5.81. The molecule has 1 aromatic rings. The minimum Gasteiger partial charge on any atom is -0.489 e. The summed E-state index contributed by atoms with van der Waals surface area (Å²) in [6.45, 7) is 3.07. The van der Waals surface area contributed by atoms with Crippen molar-refractivity contribution >= 4 is 17.3 Å². The minimum atomic E-state index is -0.637. The van der Waals surface area contributed by atoms with E-state index < -0.39 is 5.82 Å². The summed E-state index contributed by atoms with van der Waals surface area (Å²) in [6, 6.07) is 3.01. The number of anilines is 1. The fourth-order valence-corrected chi connectivity index (χ4v) is 2.07. The molecule has 1 fully saturated rings. The average molecular weight is 260 g/mol. The zero-order chi connectivity index (χ0) is 12.5. The van der Waals surface area contributed by atoms with E-state index in [0.29, 0.717) is 12.4 Å². The second-order valence-electron chi connectivity index (χ2n) is 4.47. The lowest BCUT2D eigenvalue weighted by Crippen LogP contribution is -2.31. The van der Waals surface area contributed by atoms with Gasteiger partial charge in [-0.1, -0.05) is 11.6 Å². The predicted octanol–water partition coefficient (Wildman–Crippen LogP) is 3.01. The number of hydrogen-bond donors (Lipinski definition) is 1. The number of ether oxygens (including phenoxy) is 2. The van der Waals surface area contributed by atoms with E-state index in [2.05, 4.69) is 0 Å². The standard InChI is InChI=1S/C12H15ClFNO2/c1-12(5-2-6-17-12)7-16-9-4-3-8(15)11(14)10(9)13/h3-4H,2,5-7,15H2,1H3. The van der Waals surface area contributed by atoms with Crippen molar-refractivity contribution < 1.29 is 13.9 Å². The first kappa shape index (κ1) is 12.5. The maximum Gasteiger partial charge on any atom is 0.168 e. The lowest BCUT2D eigenvalue weighted by atomic mass is 10.0. The van der Waals surface area contributed by atoms with Gasteiger partial charge in [-0.3, -0.25) is 0 Å². The van der Waals surface area contributed by atoms with Gasteiger partial charge in [-0.25, -0.2) is 4.39 Å². The van der Waals surface area contributed by atoms with Crippen LogP contribution >= 0.6 is 11.6 Å². The van der Waals surface area contributed by atoms with Crippen LogP contribution in [0.25, 0.3) is 0 Å². The van der Waals surface area contributed by atoms with Crippen molar-refractivity contribution in [2.45, 2.75) is 25.4 Å². The molecule has 0 aliphatic carbocycles. The number of halogens is 2. The molecule has 1 aromatic carbocycles. The van der Waals surface area contributed by atoms with Gasteiger partial charge in [0.2, 0.25) is 0 Å². The second-order valence-corrected chi connectivity index (χ2v) is 4.85. The van der Waals surface area contributed by atoms with E-state index in [1.165, 1.54) is 6.07 Å². The maximum absolute atomic E-state index is 13.4. The normalized spacial score (nSPS) is 23.9. The van der Waals surface area contributed by atoms with Gasteiger partial charge < -0.3 is 15.2 Å². The van der Waals surface area contributed by atoms with Gasteiger partial charge in [-0.15, -0.1) is 0 Å². The van der Waals surface area contributed by atoms with E-state index in [4.69, 9.17) is 26.8 Å². The lowest BCUT2D eigenvalue weighted by Gasteiger charge is -2.23. The Labute approximate surface area is 105 Å². The van der Waals surface area contributed by atoms with Crippen molar-refractivity contribution in [3.8, 4) is 5.75 Å². The van der Waals surface area contributed by atoms with Crippen LogP contribution < -0.4 is 10.5 Å². The van der Waals surface area contributed by atoms with Crippen LogP contribution in [-0.2, 0) is 4.74 Å². The van der Waals surface area contributed by atoms with Gasteiger partial charge in [0.25, 0.3) is 0 Å². The molecule has 3 nitrogen and oxygen atoms in total. The molecule has 0 spiro atoms. The second kappa shape index (κ2) is 4.70. The molecular weight excluding hydrogens is 245 g/mol. The van der Waals surface area contributed by atoms with E-state index in [1.54, 1.807) is 6.07 Å². The van der Waals surface area contributed by atoms with Gasteiger partial charge in [0.1, 0.15) is 17.4 Å². The Morgan fingerprint density at radius 2 is 2.35 bits per heavy atom. The molecule has 94 valence electrons. The Kier molecular flexibility index (Phi) is 3.45. The first-order valence-electron chi connectivity index (χ1n) is 5.52. The molecule has 0 radical (unpaired) electrons. The summed E-state index contributed by atoms with van der Waals surface area (Å²) in [4.78, 5) is 0. The van der Waals surface area contributed by atoms with Gasteiger partial charge in [0, 0.05) is 6.61 Å². The minimum absolute atomic E-state index is 0.0191. The van der Waals surface area contributed by atoms with Crippen LogP contribution in [0.5, 0.6) is 5.75 Å².